The van der Waals surface area contributed by atoms with Crippen molar-refractivity contribution < 1.29 is 47.8 Å². The smallest absolute Gasteiger partial charge is 0.462 e. The van der Waals surface area contributed by atoms with Crippen LogP contribution in [0.1, 0.15) is 149 Å². The molecule has 1 unspecified atom stereocenters. The van der Waals surface area contributed by atoms with Crippen molar-refractivity contribution >= 4 is 19.8 Å². The minimum atomic E-state index is -4.59. The molecule has 42 heavy (non-hydrogen) atoms. The van der Waals surface area contributed by atoms with Crippen LogP contribution in [-0.4, -0.2) is 65.7 Å². The number of phosphoric acid groups is 1. The lowest BCUT2D eigenvalue weighted by Crippen LogP contribution is -2.29. The fourth-order valence-corrected chi connectivity index (χ4v) is 5.19. The van der Waals surface area contributed by atoms with E-state index in [9.17, 15) is 24.2 Å². The number of carbonyl (C=O) groups is 2. The molecule has 0 amide bonds. The summed E-state index contributed by atoms with van der Waals surface area (Å²) in [6.07, 6.45) is 19.5. The zero-order chi connectivity index (χ0) is 31.3. The molecule has 0 rings (SSSR count). The molecular weight excluding hydrogens is 563 g/mol. The van der Waals surface area contributed by atoms with Gasteiger partial charge in [0.05, 0.1) is 19.8 Å². The first-order chi connectivity index (χ1) is 20.2. The Kier molecular flexibility index (Phi) is 28.0. The van der Waals surface area contributed by atoms with Crippen LogP contribution >= 0.6 is 7.82 Å². The zero-order valence-electron chi connectivity index (χ0n) is 26.5. The van der Waals surface area contributed by atoms with Gasteiger partial charge in [-0.15, -0.1) is 0 Å². The Morgan fingerprint density at radius 2 is 1.02 bits per heavy atom. The maximum absolute atomic E-state index is 12.4. The highest BCUT2D eigenvalue weighted by molar-refractivity contribution is 7.47. The summed E-state index contributed by atoms with van der Waals surface area (Å²) in [6, 6.07) is 0. The zero-order valence-corrected chi connectivity index (χ0v) is 27.4. The Hall–Kier alpha value is -1.03. The van der Waals surface area contributed by atoms with Crippen LogP contribution in [0.4, 0.5) is 0 Å². The number of esters is 2. The van der Waals surface area contributed by atoms with Gasteiger partial charge in [0.2, 0.25) is 0 Å². The Labute approximate surface area is 254 Å². The van der Waals surface area contributed by atoms with Crippen LogP contribution < -0.4 is 0 Å². The first-order valence-electron chi connectivity index (χ1n) is 16.5. The summed E-state index contributed by atoms with van der Waals surface area (Å²) >= 11 is 0. The van der Waals surface area contributed by atoms with E-state index in [0.29, 0.717) is 12.8 Å². The van der Waals surface area contributed by atoms with E-state index in [-0.39, 0.29) is 19.4 Å². The van der Waals surface area contributed by atoms with Crippen LogP contribution in [0.15, 0.2) is 0 Å². The van der Waals surface area contributed by atoms with Crippen molar-refractivity contribution in [1.82, 2.24) is 0 Å². The van der Waals surface area contributed by atoms with Crippen molar-refractivity contribution in [2.75, 3.05) is 26.4 Å². The molecule has 11 heteroatoms. The number of aliphatic hydroxyl groups excluding tert-OH is 2. The molecule has 250 valence electrons. The highest BCUT2D eigenvalue weighted by atomic mass is 31.2. The van der Waals surface area contributed by atoms with Crippen LogP contribution in [0, 0.1) is 0 Å². The minimum absolute atomic E-state index is 0.190. The molecule has 0 aliphatic rings. The maximum Gasteiger partial charge on any atom is 0.472 e. The third-order valence-electron chi connectivity index (χ3n) is 7.01. The molecule has 0 aliphatic carbocycles. The molecule has 0 saturated heterocycles. The Morgan fingerprint density at radius 3 is 1.48 bits per heavy atom. The Morgan fingerprint density at radius 1 is 0.619 bits per heavy atom. The number of hydrogen-bond acceptors (Lipinski definition) is 9. The van der Waals surface area contributed by atoms with E-state index in [1.165, 1.54) is 70.6 Å². The molecule has 3 atom stereocenters. The molecule has 0 aromatic rings. The third kappa shape index (κ3) is 27.8. The fraction of sp³-hybridized carbons (Fsp3) is 0.935. The van der Waals surface area contributed by atoms with E-state index in [1.807, 2.05) is 0 Å². The van der Waals surface area contributed by atoms with Gasteiger partial charge in [0.15, 0.2) is 6.10 Å². The summed E-state index contributed by atoms with van der Waals surface area (Å²) in [6.45, 7) is 2.31. The van der Waals surface area contributed by atoms with E-state index < -0.39 is 51.8 Å². The van der Waals surface area contributed by atoms with E-state index in [0.717, 1.165) is 38.5 Å². The van der Waals surface area contributed by atoms with Crippen LogP contribution in [0.2, 0.25) is 0 Å². The molecule has 0 fully saturated rings. The van der Waals surface area contributed by atoms with Gasteiger partial charge >= 0.3 is 19.8 Å². The lowest BCUT2D eigenvalue weighted by atomic mass is 10.1. The molecule has 0 spiro atoms. The molecular formula is C31H61O10P. The van der Waals surface area contributed by atoms with Gasteiger partial charge in [0.25, 0.3) is 0 Å². The predicted octanol–water partition coefficient (Wildman–Crippen LogP) is 7.16. The molecule has 0 aromatic carbocycles. The van der Waals surface area contributed by atoms with Gasteiger partial charge in [-0.3, -0.25) is 18.6 Å². The highest BCUT2D eigenvalue weighted by Gasteiger charge is 2.27. The van der Waals surface area contributed by atoms with Crippen molar-refractivity contribution in [2.24, 2.45) is 0 Å². The molecule has 0 bridgehead atoms. The molecule has 3 N–H and O–H groups in total. The predicted molar refractivity (Wildman–Crippen MR) is 164 cm³/mol. The normalized spacial score (nSPS) is 14.3. The molecule has 0 aromatic heterocycles. The van der Waals surface area contributed by atoms with E-state index >= 15 is 0 Å². The van der Waals surface area contributed by atoms with Gasteiger partial charge in [0.1, 0.15) is 12.7 Å². The monoisotopic (exact) mass is 624 g/mol. The average molecular weight is 625 g/mol. The molecule has 10 nitrogen and oxygen atoms in total. The van der Waals surface area contributed by atoms with E-state index in [4.69, 9.17) is 19.1 Å². The third-order valence-corrected chi connectivity index (χ3v) is 7.96. The Bertz CT molecular complexity index is 691. The van der Waals surface area contributed by atoms with Crippen LogP contribution in [-0.2, 0) is 32.7 Å². The lowest BCUT2D eigenvalue weighted by molar-refractivity contribution is -0.161. The van der Waals surface area contributed by atoms with Crippen molar-refractivity contribution in [3.63, 3.8) is 0 Å². The molecule has 0 saturated carbocycles. The number of rotatable bonds is 31. The molecule has 0 heterocycles. The minimum Gasteiger partial charge on any atom is -0.462 e. The van der Waals surface area contributed by atoms with Crippen LogP contribution in [0.3, 0.4) is 0 Å². The van der Waals surface area contributed by atoms with Gasteiger partial charge in [-0.25, -0.2) is 4.57 Å². The van der Waals surface area contributed by atoms with Gasteiger partial charge in [-0.05, 0) is 12.8 Å². The van der Waals surface area contributed by atoms with Gasteiger partial charge < -0.3 is 24.6 Å². The first kappa shape index (κ1) is 41.0. The Balaban J connectivity index is 4.44. The molecule has 0 radical (unpaired) electrons. The van der Waals surface area contributed by atoms with Crippen molar-refractivity contribution in [3.8, 4) is 0 Å². The number of aliphatic hydroxyl groups is 2. The van der Waals surface area contributed by atoms with Crippen LogP contribution in [0.5, 0.6) is 0 Å². The number of hydrogen-bond donors (Lipinski definition) is 3. The van der Waals surface area contributed by atoms with Crippen molar-refractivity contribution in [1.29, 1.82) is 0 Å². The standard InChI is InChI=1S/C31H61O10P/c1-3-5-7-9-11-13-14-15-17-19-21-23-31(35)41-29(27-40-42(36,37)39-25-28(33)24-32)26-38-30(34)22-20-18-16-12-10-8-6-4-2/h28-29,32-33H,3-27H2,1-2H3,(H,36,37)/t28-,29+/m0/s1. The quantitative estimate of drug-likeness (QED) is 0.0412. The summed E-state index contributed by atoms with van der Waals surface area (Å²) in [5.41, 5.74) is 0. The second-order valence-corrected chi connectivity index (χ2v) is 12.7. The summed E-state index contributed by atoms with van der Waals surface area (Å²) in [4.78, 5) is 34.5. The molecule has 0 aliphatic heterocycles. The number of unbranched alkanes of at least 4 members (excludes halogenated alkanes) is 17. The number of ether oxygens (including phenoxy) is 2. The largest absolute Gasteiger partial charge is 0.472 e. The summed E-state index contributed by atoms with van der Waals surface area (Å²) in [5, 5.41) is 18.2. The highest BCUT2D eigenvalue weighted by Crippen LogP contribution is 2.43. The summed E-state index contributed by atoms with van der Waals surface area (Å²) in [7, 11) is -4.59. The second kappa shape index (κ2) is 28.7. The maximum atomic E-state index is 12.4. The van der Waals surface area contributed by atoms with Crippen molar-refractivity contribution in [2.45, 2.75) is 161 Å². The van der Waals surface area contributed by atoms with Gasteiger partial charge in [-0.2, -0.15) is 0 Å². The van der Waals surface area contributed by atoms with Gasteiger partial charge in [-0.1, -0.05) is 123 Å². The number of carbonyl (C=O) groups excluding carboxylic acids is 2. The summed E-state index contributed by atoms with van der Waals surface area (Å²) < 4.78 is 32.3. The summed E-state index contributed by atoms with van der Waals surface area (Å²) in [5.74, 6) is -0.926. The SMILES string of the molecule is CCCCCCCCCCCCCC(=O)O[C@H](COC(=O)CCCCCCCCCC)COP(=O)(O)OC[C@@H](O)CO. The van der Waals surface area contributed by atoms with Crippen LogP contribution in [0.25, 0.3) is 0 Å². The van der Waals surface area contributed by atoms with E-state index in [1.54, 1.807) is 0 Å². The van der Waals surface area contributed by atoms with E-state index in [2.05, 4.69) is 18.4 Å². The van der Waals surface area contributed by atoms with Gasteiger partial charge in [0, 0.05) is 12.8 Å². The first-order valence-corrected chi connectivity index (χ1v) is 18.0. The lowest BCUT2D eigenvalue weighted by Gasteiger charge is -2.20. The topological polar surface area (TPSA) is 149 Å². The fourth-order valence-electron chi connectivity index (χ4n) is 4.40. The second-order valence-electron chi connectivity index (χ2n) is 11.2. The average Bonchev–Trinajstić information content (AvgIpc) is 2.97. The van der Waals surface area contributed by atoms with Crippen molar-refractivity contribution in [3.05, 3.63) is 0 Å². The number of phosphoric ester groups is 1.